The highest BCUT2D eigenvalue weighted by atomic mass is 16.3. The van der Waals surface area contributed by atoms with Crippen molar-refractivity contribution < 1.29 is 4.42 Å². The van der Waals surface area contributed by atoms with E-state index < -0.39 is 0 Å². The molecule has 6 aliphatic rings. The standard InChI is InChI=1S/C50H43NO/c1-50(2)43-24-10-8-20-40(43)47-42-23-13-22-39(48(42)52-49(47)41-21-9-11-25-44(41)50)35-18-12-19-36(29-35)45-30-38(32-14-4-3-5-15-32)31-46(51-45)37-27-26-33-16-6-7-17-34(33)28-37/h4,6-12,14-18,20-22,24-27,29-31,34,36H,3,5,13,19,23,28H2,1-2H3. The van der Waals surface area contributed by atoms with Gasteiger partial charge in [0.2, 0.25) is 0 Å². The van der Waals surface area contributed by atoms with Gasteiger partial charge >= 0.3 is 0 Å². The molecular formula is C50H43NO. The number of hydrogen-bond acceptors (Lipinski definition) is 2. The van der Waals surface area contributed by atoms with E-state index in [0.717, 1.165) is 61.4 Å². The molecule has 2 heterocycles. The molecule has 2 aromatic carbocycles. The van der Waals surface area contributed by atoms with Crippen molar-refractivity contribution in [3.63, 3.8) is 0 Å². The Morgan fingerprint density at radius 1 is 0.750 bits per heavy atom. The van der Waals surface area contributed by atoms with Gasteiger partial charge < -0.3 is 4.42 Å². The van der Waals surface area contributed by atoms with Crippen molar-refractivity contribution in [3.8, 4) is 22.5 Å². The van der Waals surface area contributed by atoms with Crippen LogP contribution in [0.5, 0.6) is 0 Å². The molecule has 0 radical (unpaired) electrons. The molecule has 0 aliphatic heterocycles. The smallest absolute Gasteiger partial charge is 0.143 e. The second-order valence-corrected chi connectivity index (χ2v) is 15.6. The third-order valence-corrected chi connectivity index (χ3v) is 12.1. The lowest BCUT2D eigenvalue weighted by Gasteiger charge is -2.28. The molecule has 0 fully saturated rings. The van der Waals surface area contributed by atoms with Crippen LogP contribution in [0, 0.1) is 5.92 Å². The highest BCUT2D eigenvalue weighted by Crippen LogP contribution is 2.54. The third kappa shape index (κ3) is 5.11. The molecule has 2 aromatic heterocycles. The molecule has 52 heavy (non-hydrogen) atoms. The van der Waals surface area contributed by atoms with Crippen LogP contribution in [0.3, 0.4) is 0 Å². The topological polar surface area (TPSA) is 26.0 Å². The molecule has 2 unspecified atom stereocenters. The lowest BCUT2D eigenvalue weighted by atomic mass is 9.75. The average molecular weight is 674 g/mol. The number of furan rings is 1. The monoisotopic (exact) mass is 673 g/mol. The first-order valence-corrected chi connectivity index (χ1v) is 19.1. The zero-order valence-electron chi connectivity index (χ0n) is 30.0. The van der Waals surface area contributed by atoms with E-state index in [4.69, 9.17) is 9.40 Å². The second-order valence-electron chi connectivity index (χ2n) is 15.6. The van der Waals surface area contributed by atoms with E-state index in [1.807, 2.05) is 0 Å². The molecule has 2 nitrogen and oxygen atoms in total. The Hall–Kier alpha value is -5.47. The summed E-state index contributed by atoms with van der Waals surface area (Å²) in [5.41, 5.74) is 17.6. The third-order valence-electron chi connectivity index (χ3n) is 12.1. The van der Waals surface area contributed by atoms with Gasteiger partial charge in [-0.15, -0.1) is 0 Å². The predicted octanol–water partition coefficient (Wildman–Crippen LogP) is 12.8. The summed E-state index contributed by atoms with van der Waals surface area (Å²) in [4.78, 5) is 5.45. The molecule has 0 saturated heterocycles. The summed E-state index contributed by atoms with van der Waals surface area (Å²) < 4.78 is 7.14. The largest absolute Gasteiger partial charge is 0.455 e. The maximum absolute atomic E-state index is 7.14. The highest BCUT2D eigenvalue weighted by Gasteiger charge is 2.38. The molecule has 2 atom stereocenters. The number of allylic oxidation sites excluding steroid dienone is 18. The van der Waals surface area contributed by atoms with Crippen LogP contribution in [0.15, 0.2) is 155 Å². The Morgan fingerprint density at radius 2 is 1.58 bits per heavy atom. The molecule has 2 heteroatoms. The van der Waals surface area contributed by atoms with Crippen LogP contribution < -0.4 is 0 Å². The first-order valence-electron chi connectivity index (χ1n) is 19.1. The van der Waals surface area contributed by atoms with Gasteiger partial charge in [-0.3, -0.25) is 4.98 Å². The second kappa shape index (κ2) is 12.3. The van der Waals surface area contributed by atoms with Gasteiger partial charge in [0.15, 0.2) is 0 Å². The summed E-state index contributed by atoms with van der Waals surface area (Å²) in [5.74, 6) is 2.62. The SMILES string of the molecule is CC1(C)c2ccccc2-c2oc3c(c2-c2ccccc21)CCC=C3C1=CC(c2cc(C3=CCCC=C3)cc(C3=CC=C4C=CC=CC4C3)n2)CC=C1. The van der Waals surface area contributed by atoms with Crippen molar-refractivity contribution in [2.24, 2.45) is 5.92 Å². The predicted molar refractivity (Wildman–Crippen MR) is 216 cm³/mol. The van der Waals surface area contributed by atoms with Gasteiger partial charge in [0.1, 0.15) is 11.5 Å². The Kier molecular flexibility index (Phi) is 7.42. The summed E-state index contributed by atoms with van der Waals surface area (Å²) in [6.07, 6.45) is 36.0. The Balaban J connectivity index is 1.07. The number of nitrogens with zero attached hydrogens (tertiary/aromatic N) is 1. The molecule has 0 saturated carbocycles. The van der Waals surface area contributed by atoms with E-state index in [1.54, 1.807) is 0 Å². The minimum absolute atomic E-state index is 0.142. The number of aromatic nitrogens is 1. The van der Waals surface area contributed by atoms with Crippen LogP contribution in [0.4, 0.5) is 0 Å². The lowest BCUT2D eigenvalue weighted by Crippen LogP contribution is -2.19. The van der Waals surface area contributed by atoms with Gasteiger partial charge in [0, 0.05) is 45.2 Å². The fourth-order valence-corrected chi connectivity index (χ4v) is 9.34. The number of hydrogen-bond donors (Lipinski definition) is 0. The fraction of sp³-hybridized carbons (Fsp3) is 0.220. The first kappa shape index (κ1) is 31.3. The van der Waals surface area contributed by atoms with Crippen molar-refractivity contribution >= 4 is 16.7 Å². The van der Waals surface area contributed by atoms with Crippen LogP contribution in [-0.4, -0.2) is 4.98 Å². The summed E-state index contributed by atoms with van der Waals surface area (Å²) in [6, 6.07) is 22.5. The normalized spacial score (nSPS) is 22.0. The zero-order chi connectivity index (χ0) is 34.8. The minimum Gasteiger partial charge on any atom is -0.455 e. The Bertz CT molecular complexity index is 2440. The number of pyridine rings is 1. The van der Waals surface area contributed by atoms with Gasteiger partial charge in [-0.2, -0.15) is 0 Å². The van der Waals surface area contributed by atoms with E-state index in [9.17, 15) is 0 Å². The molecule has 254 valence electrons. The Labute approximate surface area is 307 Å². The Morgan fingerprint density at radius 3 is 2.44 bits per heavy atom. The highest BCUT2D eigenvalue weighted by molar-refractivity contribution is 5.95. The molecule has 6 aliphatic carbocycles. The van der Waals surface area contributed by atoms with Gasteiger partial charge in [-0.1, -0.05) is 141 Å². The molecule has 4 aromatic rings. The van der Waals surface area contributed by atoms with Crippen LogP contribution in [0.1, 0.15) is 91.3 Å². The maximum Gasteiger partial charge on any atom is 0.143 e. The molecule has 0 amide bonds. The van der Waals surface area contributed by atoms with Crippen LogP contribution in [-0.2, 0) is 11.8 Å². The first-order chi connectivity index (χ1) is 25.5. The number of rotatable bonds is 4. The van der Waals surface area contributed by atoms with Crippen molar-refractivity contribution in [2.45, 2.75) is 63.7 Å². The molecule has 0 N–H and O–H groups in total. The van der Waals surface area contributed by atoms with Gasteiger partial charge in [0.05, 0.1) is 5.69 Å². The van der Waals surface area contributed by atoms with E-state index in [0.29, 0.717) is 5.92 Å². The minimum atomic E-state index is -0.142. The zero-order valence-corrected chi connectivity index (χ0v) is 30.0. The van der Waals surface area contributed by atoms with Crippen LogP contribution in [0.2, 0.25) is 0 Å². The quantitative estimate of drug-likeness (QED) is 0.215. The maximum atomic E-state index is 7.14. The molecular weight excluding hydrogens is 631 g/mol. The van der Waals surface area contributed by atoms with Crippen molar-refractivity contribution in [3.05, 3.63) is 190 Å². The summed E-state index contributed by atoms with van der Waals surface area (Å²) >= 11 is 0. The van der Waals surface area contributed by atoms with Crippen molar-refractivity contribution in [1.82, 2.24) is 4.98 Å². The van der Waals surface area contributed by atoms with E-state index >= 15 is 0 Å². The average Bonchev–Trinajstić information content (AvgIpc) is 3.57. The van der Waals surface area contributed by atoms with Gasteiger partial charge in [0.25, 0.3) is 0 Å². The van der Waals surface area contributed by atoms with Gasteiger partial charge in [-0.25, -0.2) is 0 Å². The number of fused-ring (bicyclic) bond motifs is 8. The summed E-state index contributed by atoms with van der Waals surface area (Å²) in [5, 5.41) is 0. The molecule has 0 bridgehead atoms. The summed E-state index contributed by atoms with van der Waals surface area (Å²) in [6.45, 7) is 4.70. The van der Waals surface area contributed by atoms with E-state index in [-0.39, 0.29) is 11.3 Å². The number of benzene rings is 2. The van der Waals surface area contributed by atoms with Crippen LogP contribution >= 0.6 is 0 Å². The van der Waals surface area contributed by atoms with Crippen molar-refractivity contribution in [2.75, 3.05) is 0 Å². The summed E-state index contributed by atoms with van der Waals surface area (Å²) in [7, 11) is 0. The van der Waals surface area contributed by atoms with E-state index in [2.05, 4.69) is 153 Å². The molecule has 10 rings (SSSR count). The van der Waals surface area contributed by atoms with Gasteiger partial charge in [-0.05, 0) is 95.2 Å². The fourth-order valence-electron chi connectivity index (χ4n) is 9.34. The van der Waals surface area contributed by atoms with Crippen LogP contribution in [0.25, 0.3) is 39.2 Å². The van der Waals surface area contributed by atoms with Crippen molar-refractivity contribution in [1.29, 1.82) is 0 Å². The van der Waals surface area contributed by atoms with E-state index in [1.165, 1.54) is 66.8 Å². The lowest BCUT2D eigenvalue weighted by molar-refractivity contribution is 0.558. The molecule has 0 spiro atoms.